The van der Waals surface area contributed by atoms with Crippen molar-refractivity contribution in [1.29, 1.82) is 0 Å². The SMILES string of the molecule is COc1cc(OC)cc(C(=O)N2CCN(c3ccc(Cl)cc3)C(=O)C2C)c1. The summed E-state index contributed by atoms with van der Waals surface area (Å²) in [4.78, 5) is 29.1. The van der Waals surface area contributed by atoms with Gasteiger partial charge in [0.15, 0.2) is 0 Å². The van der Waals surface area contributed by atoms with E-state index in [1.807, 2.05) is 0 Å². The number of carbonyl (C=O) groups is 2. The van der Waals surface area contributed by atoms with Crippen molar-refractivity contribution in [2.75, 3.05) is 32.2 Å². The first-order valence-corrected chi connectivity index (χ1v) is 8.93. The summed E-state index contributed by atoms with van der Waals surface area (Å²) >= 11 is 5.92. The summed E-state index contributed by atoms with van der Waals surface area (Å²) in [5.74, 6) is 0.684. The van der Waals surface area contributed by atoms with E-state index < -0.39 is 6.04 Å². The van der Waals surface area contributed by atoms with Gasteiger partial charge in [-0.05, 0) is 43.3 Å². The molecule has 1 saturated heterocycles. The summed E-state index contributed by atoms with van der Waals surface area (Å²) in [6, 6.07) is 11.5. The van der Waals surface area contributed by atoms with Gasteiger partial charge < -0.3 is 19.3 Å². The van der Waals surface area contributed by atoms with Gasteiger partial charge in [0.2, 0.25) is 5.91 Å². The molecule has 27 heavy (non-hydrogen) atoms. The van der Waals surface area contributed by atoms with Crippen LogP contribution in [0.1, 0.15) is 17.3 Å². The lowest BCUT2D eigenvalue weighted by molar-refractivity contribution is -0.124. The highest BCUT2D eigenvalue weighted by Crippen LogP contribution is 2.26. The van der Waals surface area contributed by atoms with Crippen LogP contribution in [0.3, 0.4) is 0 Å². The number of rotatable bonds is 4. The number of hydrogen-bond acceptors (Lipinski definition) is 4. The Bertz CT molecular complexity index is 831. The largest absolute Gasteiger partial charge is 0.497 e. The molecule has 0 aliphatic carbocycles. The van der Waals surface area contributed by atoms with Gasteiger partial charge in [0.05, 0.1) is 14.2 Å². The van der Waals surface area contributed by atoms with Crippen molar-refractivity contribution in [3.8, 4) is 11.5 Å². The van der Waals surface area contributed by atoms with E-state index in [4.69, 9.17) is 21.1 Å². The van der Waals surface area contributed by atoms with E-state index in [1.165, 1.54) is 14.2 Å². The molecule has 0 radical (unpaired) electrons. The smallest absolute Gasteiger partial charge is 0.254 e. The van der Waals surface area contributed by atoms with Gasteiger partial charge in [-0.15, -0.1) is 0 Å². The van der Waals surface area contributed by atoms with Crippen LogP contribution in [-0.4, -0.2) is 50.1 Å². The van der Waals surface area contributed by atoms with Gasteiger partial charge in [-0.2, -0.15) is 0 Å². The van der Waals surface area contributed by atoms with Crippen LogP contribution < -0.4 is 14.4 Å². The summed E-state index contributed by atoms with van der Waals surface area (Å²) < 4.78 is 10.5. The zero-order valence-corrected chi connectivity index (χ0v) is 16.2. The van der Waals surface area contributed by atoms with E-state index >= 15 is 0 Å². The van der Waals surface area contributed by atoms with Crippen LogP contribution in [0.15, 0.2) is 42.5 Å². The third kappa shape index (κ3) is 3.85. The fourth-order valence-corrected chi connectivity index (χ4v) is 3.25. The molecule has 2 aromatic carbocycles. The first-order chi connectivity index (χ1) is 12.9. The van der Waals surface area contributed by atoms with Crippen LogP contribution in [0, 0.1) is 0 Å². The molecule has 1 aliphatic heterocycles. The number of amides is 2. The minimum atomic E-state index is -0.584. The van der Waals surface area contributed by atoms with Crippen LogP contribution in [0.5, 0.6) is 11.5 Å². The Morgan fingerprint density at radius 1 is 1.04 bits per heavy atom. The summed E-state index contributed by atoms with van der Waals surface area (Å²) in [5.41, 5.74) is 1.19. The third-order valence-electron chi connectivity index (χ3n) is 4.65. The van der Waals surface area contributed by atoms with E-state index in [0.717, 1.165) is 5.69 Å². The number of ether oxygens (including phenoxy) is 2. The van der Waals surface area contributed by atoms with Crippen molar-refractivity contribution >= 4 is 29.1 Å². The zero-order valence-electron chi connectivity index (χ0n) is 15.4. The van der Waals surface area contributed by atoms with Crippen molar-refractivity contribution in [3.05, 3.63) is 53.1 Å². The second kappa shape index (κ2) is 7.88. The number of halogens is 1. The number of anilines is 1. The molecule has 1 unspecified atom stereocenters. The van der Waals surface area contributed by atoms with Crippen LogP contribution >= 0.6 is 11.6 Å². The van der Waals surface area contributed by atoms with Crippen molar-refractivity contribution in [2.45, 2.75) is 13.0 Å². The fraction of sp³-hybridized carbons (Fsp3) is 0.300. The lowest BCUT2D eigenvalue weighted by atomic mass is 10.1. The van der Waals surface area contributed by atoms with Gasteiger partial charge >= 0.3 is 0 Å². The number of piperazine rings is 1. The molecule has 0 bridgehead atoms. The average molecular weight is 389 g/mol. The Kier molecular flexibility index (Phi) is 5.56. The van der Waals surface area contributed by atoms with Gasteiger partial charge in [-0.1, -0.05) is 11.6 Å². The number of nitrogens with zero attached hydrogens (tertiary/aromatic N) is 2. The first-order valence-electron chi connectivity index (χ1n) is 8.55. The molecular formula is C20H21ClN2O4. The lowest BCUT2D eigenvalue weighted by Gasteiger charge is -2.39. The minimum absolute atomic E-state index is 0.133. The molecule has 142 valence electrons. The lowest BCUT2D eigenvalue weighted by Crippen LogP contribution is -2.57. The Labute approximate surface area is 163 Å². The number of carbonyl (C=O) groups excluding carboxylic acids is 2. The predicted octanol–water partition coefficient (Wildman–Crippen LogP) is 3.23. The van der Waals surface area contributed by atoms with Crippen molar-refractivity contribution in [3.63, 3.8) is 0 Å². The van der Waals surface area contributed by atoms with Crippen molar-refractivity contribution in [1.82, 2.24) is 4.90 Å². The molecule has 2 aromatic rings. The highest BCUT2D eigenvalue weighted by Gasteiger charge is 2.35. The summed E-state index contributed by atoms with van der Waals surface area (Å²) in [5, 5.41) is 0.611. The van der Waals surface area contributed by atoms with E-state index in [-0.39, 0.29) is 11.8 Å². The van der Waals surface area contributed by atoms with Crippen LogP contribution in [-0.2, 0) is 4.79 Å². The monoisotopic (exact) mass is 388 g/mol. The van der Waals surface area contributed by atoms with Gasteiger partial charge in [0.1, 0.15) is 17.5 Å². The quantitative estimate of drug-likeness (QED) is 0.806. The molecule has 7 heteroatoms. The molecule has 0 spiro atoms. The Morgan fingerprint density at radius 3 is 2.19 bits per heavy atom. The number of methoxy groups -OCH3 is 2. The summed E-state index contributed by atoms with van der Waals surface area (Å²) in [6.07, 6.45) is 0. The normalized spacial score (nSPS) is 17.0. The van der Waals surface area contributed by atoms with Gasteiger partial charge in [0, 0.05) is 35.4 Å². The molecule has 1 fully saturated rings. The maximum atomic E-state index is 13.0. The van der Waals surface area contributed by atoms with Gasteiger partial charge in [-0.25, -0.2) is 0 Å². The first kappa shape index (κ1) is 19.0. The predicted molar refractivity (Wildman–Crippen MR) is 104 cm³/mol. The Hall–Kier alpha value is -2.73. The molecule has 3 rings (SSSR count). The molecule has 0 N–H and O–H groups in total. The van der Waals surface area contributed by atoms with Crippen LogP contribution in [0.2, 0.25) is 5.02 Å². The summed E-state index contributed by atoms with van der Waals surface area (Å²) in [6.45, 7) is 2.57. The summed E-state index contributed by atoms with van der Waals surface area (Å²) in [7, 11) is 3.06. The van der Waals surface area contributed by atoms with E-state index in [9.17, 15) is 9.59 Å². The molecule has 0 aromatic heterocycles. The second-order valence-electron chi connectivity index (χ2n) is 6.24. The molecule has 0 saturated carbocycles. The van der Waals surface area contributed by atoms with E-state index in [1.54, 1.807) is 59.2 Å². The van der Waals surface area contributed by atoms with E-state index in [0.29, 0.717) is 35.2 Å². The molecule has 1 atom stereocenters. The van der Waals surface area contributed by atoms with Crippen LogP contribution in [0.4, 0.5) is 5.69 Å². The Morgan fingerprint density at radius 2 is 1.63 bits per heavy atom. The zero-order chi connectivity index (χ0) is 19.6. The Balaban J connectivity index is 1.82. The van der Waals surface area contributed by atoms with Gasteiger partial charge in [-0.3, -0.25) is 9.59 Å². The minimum Gasteiger partial charge on any atom is -0.497 e. The van der Waals surface area contributed by atoms with Gasteiger partial charge in [0.25, 0.3) is 5.91 Å². The van der Waals surface area contributed by atoms with Crippen molar-refractivity contribution < 1.29 is 19.1 Å². The maximum Gasteiger partial charge on any atom is 0.254 e. The third-order valence-corrected chi connectivity index (χ3v) is 4.90. The molecule has 6 nitrogen and oxygen atoms in total. The second-order valence-corrected chi connectivity index (χ2v) is 6.68. The highest BCUT2D eigenvalue weighted by atomic mass is 35.5. The molecule has 1 aliphatic rings. The standard InChI is InChI=1S/C20H21ClN2O4/c1-13-19(24)23(16-6-4-15(21)5-7-16)9-8-22(13)20(25)14-10-17(26-2)12-18(11-14)27-3/h4-7,10-13H,8-9H2,1-3H3. The fourth-order valence-electron chi connectivity index (χ4n) is 3.12. The maximum absolute atomic E-state index is 13.0. The molecule has 2 amide bonds. The number of hydrogen-bond donors (Lipinski definition) is 0. The van der Waals surface area contributed by atoms with Crippen molar-refractivity contribution in [2.24, 2.45) is 0 Å². The van der Waals surface area contributed by atoms with Crippen LogP contribution in [0.25, 0.3) is 0 Å². The van der Waals surface area contributed by atoms with E-state index in [2.05, 4.69) is 0 Å². The highest BCUT2D eigenvalue weighted by molar-refractivity contribution is 6.30. The molecule has 1 heterocycles. The average Bonchev–Trinajstić information content (AvgIpc) is 2.70. The molecular weight excluding hydrogens is 368 g/mol. The topological polar surface area (TPSA) is 59.1 Å². The number of benzene rings is 2.